The number of hydrogen-bond acceptors (Lipinski definition) is 3. The zero-order valence-corrected chi connectivity index (χ0v) is 13.3. The molecule has 1 unspecified atom stereocenters. The van der Waals surface area contributed by atoms with Gasteiger partial charge >= 0.3 is 0 Å². The Kier molecular flexibility index (Phi) is 6.65. The summed E-state index contributed by atoms with van der Waals surface area (Å²) >= 11 is 0. The van der Waals surface area contributed by atoms with E-state index in [0.29, 0.717) is 0 Å². The number of benzene rings is 1. The molecule has 2 N–H and O–H groups in total. The Morgan fingerprint density at radius 2 is 1.80 bits per heavy atom. The molecular formula is C15H25NO3S. The number of aryl methyl sites for hydroxylation is 1. The molecule has 0 fully saturated rings. The third-order valence-corrected chi connectivity index (χ3v) is 5.17. The molecule has 0 aliphatic rings. The summed E-state index contributed by atoms with van der Waals surface area (Å²) in [5.41, 5.74) is 1.72. The summed E-state index contributed by atoms with van der Waals surface area (Å²) in [6, 6.07) is 7.44. The first-order chi connectivity index (χ1) is 9.39. The minimum absolute atomic E-state index is 0.0212. The monoisotopic (exact) mass is 299 g/mol. The van der Waals surface area contributed by atoms with E-state index in [4.69, 9.17) is 0 Å². The van der Waals surface area contributed by atoms with Gasteiger partial charge in [-0.25, -0.2) is 13.1 Å². The summed E-state index contributed by atoms with van der Waals surface area (Å²) in [4.78, 5) is 0. The van der Waals surface area contributed by atoms with Crippen molar-refractivity contribution in [2.75, 3.05) is 12.3 Å². The highest BCUT2D eigenvalue weighted by Crippen LogP contribution is 2.17. The first-order valence-corrected chi connectivity index (χ1v) is 8.75. The van der Waals surface area contributed by atoms with Crippen molar-refractivity contribution in [1.82, 2.24) is 4.72 Å². The highest BCUT2D eigenvalue weighted by Gasteiger charge is 2.18. The molecule has 4 nitrogen and oxygen atoms in total. The second-order valence-corrected chi connectivity index (χ2v) is 7.04. The lowest BCUT2D eigenvalue weighted by Gasteiger charge is -2.17. The average molecular weight is 299 g/mol. The lowest BCUT2D eigenvalue weighted by Crippen LogP contribution is -2.33. The van der Waals surface area contributed by atoms with E-state index < -0.39 is 16.1 Å². The van der Waals surface area contributed by atoms with Gasteiger partial charge in [0.05, 0.1) is 11.9 Å². The van der Waals surface area contributed by atoms with Crippen molar-refractivity contribution in [2.24, 2.45) is 5.92 Å². The van der Waals surface area contributed by atoms with Crippen LogP contribution in [0, 0.1) is 12.8 Å². The van der Waals surface area contributed by atoms with E-state index in [1.165, 1.54) is 0 Å². The summed E-state index contributed by atoms with van der Waals surface area (Å²) in [6.07, 6.45) is 0.878. The van der Waals surface area contributed by atoms with E-state index in [9.17, 15) is 13.5 Å². The maximum Gasteiger partial charge on any atom is 0.211 e. The summed E-state index contributed by atoms with van der Waals surface area (Å²) < 4.78 is 26.4. The predicted octanol–water partition coefficient (Wildman–Crippen LogP) is 2.38. The standard InChI is InChI=1S/C15H25NO3S/c1-4-13(5-2)11-20(18,19)16-10-15(17)14-9-7-6-8-12(14)3/h6-9,13,15-17H,4-5,10-11H2,1-3H3. The SMILES string of the molecule is CCC(CC)CS(=O)(=O)NCC(O)c1ccccc1C. The lowest BCUT2D eigenvalue weighted by molar-refractivity contribution is 0.181. The zero-order chi connectivity index (χ0) is 15.2. The Morgan fingerprint density at radius 1 is 1.20 bits per heavy atom. The van der Waals surface area contributed by atoms with Gasteiger partial charge in [0.2, 0.25) is 10.0 Å². The highest BCUT2D eigenvalue weighted by molar-refractivity contribution is 7.89. The quantitative estimate of drug-likeness (QED) is 0.774. The van der Waals surface area contributed by atoms with E-state index in [0.717, 1.165) is 24.0 Å². The second kappa shape index (κ2) is 7.76. The fraction of sp³-hybridized carbons (Fsp3) is 0.600. The number of rotatable bonds is 8. The van der Waals surface area contributed by atoms with Crippen LogP contribution in [0.3, 0.4) is 0 Å². The molecular weight excluding hydrogens is 274 g/mol. The third kappa shape index (κ3) is 5.23. The van der Waals surface area contributed by atoms with Crippen molar-refractivity contribution >= 4 is 10.0 Å². The van der Waals surface area contributed by atoms with E-state index in [1.54, 1.807) is 0 Å². The van der Waals surface area contributed by atoms with Crippen LogP contribution in [-0.2, 0) is 10.0 Å². The lowest BCUT2D eigenvalue weighted by atomic mass is 10.0. The molecule has 0 aliphatic heterocycles. The minimum Gasteiger partial charge on any atom is -0.387 e. The van der Waals surface area contributed by atoms with Crippen molar-refractivity contribution in [3.63, 3.8) is 0 Å². The Bertz CT molecular complexity index is 510. The number of sulfonamides is 1. The topological polar surface area (TPSA) is 66.4 Å². The zero-order valence-electron chi connectivity index (χ0n) is 12.5. The van der Waals surface area contributed by atoms with E-state index in [-0.39, 0.29) is 18.2 Å². The Morgan fingerprint density at radius 3 is 2.35 bits per heavy atom. The van der Waals surface area contributed by atoms with Crippen molar-refractivity contribution in [1.29, 1.82) is 0 Å². The molecule has 1 rings (SSSR count). The second-order valence-electron chi connectivity index (χ2n) is 5.18. The molecule has 0 heterocycles. The van der Waals surface area contributed by atoms with Gasteiger partial charge in [-0.1, -0.05) is 51.0 Å². The van der Waals surface area contributed by atoms with Crippen molar-refractivity contribution in [3.8, 4) is 0 Å². The van der Waals surface area contributed by atoms with Gasteiger partial charge in [-0.2, -0.15) is 0 Å². The van der Waals surface area contributed by atoms with Gasteiger partial charge in [-0.3, -0.25) is 0 Å². The van der Waals surface area contributed by atoms with Gasteiger partial charge in [0.25, 0.3) is 0 Å². The first kappa shape index (κ1) is 17.1. The third-order valence-electron chi connectivity index (χ3n) is 3.65. The van der Waals surface area contributed by atoms with Gasteiger partial charge in [0.1, 0.15) is 0 Å². The predicted molar refractivity (Wildman–Crippen MR) is 82.0 cm³/mol. The van der Waals surface area contributed by atoms with Crippen LogP contribution in [0.25, 0.3) is 0 Å². The van der Waals surface area contributed by atoms with Gasteiger partial charge in [-0.15, -0.1) is 0 Å². The largest absolute Gasteiger partial charge is 0.387 e. The number of aliphatic hydroxyl groups excluding tert-OH is 1. The van der Waals surface area contributed by atoms with Crippen LogP contribution in [0.1, 0.15) is 43.9 Å². The molecule has 0 bridgehead atoms. The molecule has 114 valence electrons. The first-order valence-electron chi connectivity index (χ1n) is 7.10. The maximum atomic E-state index is 12.0. The van der Waals surface area contributed by atoms with Gasteiger partial charge in [-0.05, 0) is 24.0 Å². The highest BCUT2D eigenvalue weighted by atomic mass is 32.2. The van der Waals surface area contributed by atoms with Crippen LogP contribution in [-0.4, -0.2) is 25.8 Å². The number of nitrogens with one attached hydrogen (secondary N) is 1. The maximum absolute atomic E-state index is 12.0. The molecule has 0 radical (unpaired) electrons. The summed E-state index contributed by atoms with van der Waals surface area (Å²) in [6.45, 7) is 5.91. The van der Waals surface area contributed by atoms with Gasteiger partial charge < -0.3 is 5.11 Å². The van der Waals surface area contributed by atoms with Crippen molar-refractivity contribution in [2.45, 2.75) is 39.7 Å². The summed E-state index contributed by atoms with van der Waals surface area (Å²) in [5.74, 6) is 0.295. The van der Waals surface area contributed by atoms with E-state index >= 15 is 0 Å². The Balaban J connectivity index is 2.60. The van der Waals surface area contributed by atoms with E-state index in [1.807, 2.05) is 45.0 Å². The van der Waals surface area contributed by atoms with Crippen LogP contribution in [0.2, 0.25) is 0 Å². The van der Waals surface area contributed by atoms with Crippen LogP contribution in [0.5, 0.6) is 0 Å². The Hall–Kier alpha value is -0.910. The summed E-state index contributed by atoms with van der Waals surface area (Å²) in [7, 11) is -3.33. The number of aliphatic hydroxyl groups is 1. The van der Waals surface area contributed by atoms with Crippen molar-refractivity contribution in [3.05, 3.63) is 35.4 Å². The molecule has 0 aliphatic carbocycles. The van der Waals surface area contributed by atoms with Crippen LogP contribution in [0.4, 0.5) is 0 Å². The normalized spacial score (nSPS) is 13.7. The molecule has 0 spiro atoms. The fourth-order valence-corrected chi connectivity index (χ4v) is 3.79. The van der Waals surface area contributed by atoms with Gasteiger partial charge in [0.15, 0.2) is 0 Å². The molecule has 0 saturated heterocycles. The molecule has 0 amide bonds. The van der Waals surface area contributed by atoms with Crippen LogP contribution < -0.4 is 4.72 Å². The molecule has 1 aromatic rings. The number of hydrogen-bond donors (Lipinski definition) is 2. The molecule has 20 heavy (non-hydrogen) atoms. The fourth-order valence-electron chi connectivity index (χ4n) is 2.17. The van der Waals surface area contributed by atoms with E-state index in [2.05, 4.69) is 4.72 Å². The van der Waals surface area contributed by atoms with Gasteiger partial charge in [0, 0.05) is 6.54 Å². The minimum atomic E-state index is -3.33. The molecule has 0 saturated carbocycles. The molecule has 0 aromatic heterocycles. The van der Waals surface area contributed by atoms with Crippen LogP contribution >= 0.6 is 0 Å². The average Bonchev–Trinajstić information content (AvgIpc) is 2.43. The molecule has 1 atom stereocenters. The van der Waals surface area contributed by atoms with Crippen molar-refractivity contribution < 1.29 is 13.5 Å². The smallest absolute Gasteiger partial charge is 0.211 e. The Labute approximate surface area is 122 Å². The summed E-state index contributed by atoms with van der Waals surface area (Å²) in [5, 5.41) is 10.1. The van der Waals surface area contributed by atoms with Crippen LogP contribution in [0.15, 0.2) is 24.3 Å². The molecule has 5 heteroatoms. The molecule has 1 aromatic carbocycles.